The van der Waals surface area contributed by atoms with Crippen LogP contribution in [0, 0.1) is 0 Å². The average Bonchev–Trinajstić information content (AvgIpc) is 3.43. The summed E-state index contributed by atoms with van der Waals surface area (Å²) in [6.07, 6.45) is 1.47. The fourth-order valence-corrected chi connectivity index (χ4v) is 3.76. The minimum atomic E-state index is 0.518. The number of aryl methyl sites for hydroxylation is 1. The van der Waals surface area contributed by atoms with Gasteiger partial charge in [-0.3, -0.25) is 0 Å². The van der Waals surface area contributed by atoms with Crippen molar-refractivity contribution in [3.05, 3.63) is 64.3 Å². The van der Waals surface area contributed by atoms with E-state index in [0.29, 0.717) is 29.6 Å². The Balaban J connectivity index is 1.50. The predicted octanol–water partition coefficient (Wildman–Crippen LogP) is 5.03. The quantitative estimate of drug-likeness (QED) is 0.428. The number of rotatable bonds is 7. The van der Waals surface area contributed by atoms with Crippen LogP contribution in [0.4, 0.5) is 0 Å². The molecule has 0 fully saturated rings. The molecule has 0 aliphatic heterocycles. The summed E-state index contributed by atoms with van der Waals surface area (Å²) < 4.78 is 16.1. The van der Waals surface area contributed by atoms with Gasteiger partial charge in [0, 0.05) is 16.5 Å². The Morgan fingerprint density at radius 1 is 0.931 bits per heavy atom. The molecule has 2 aromatic heterocycles. The summed E-state index contributed by atoms with van der Waals surface area (Å²) in [6.45, 7) is 2.11. The zero-order valence-electron chi connectivity index (χ0n) is 16.5. The first-order chi connectivity index (χ1) is 14.2. The van der Waals surface area contributed by atoms with Crippen molar-refractivity contribution >= 4 is 11.3 Å². The third-order valence-corrected chi connectivity index (χ3v) is 5.56. The number of hydrogen-bond acceptors (Lipinski definition) is 7. The van der Waals surface area contributed by atoms with Crippen molar-refractivity contribution in [1.29, 1.82) is 0 Å². The summed E-state index contributed by atoms with van der Waals surface area (Å²) in [4.78, 5) is 9.16. The number of nitrogens with zero attached hydrogens (tertiary/aromatic N) is 3. The Labute approximate surface area is 173 Å². The van der Waals surface area contributed by atoms with E-state index in [-0.39, 0.29) is 0 Å². The first-order valence-electron chi connectivity index (χ1n) is 9.29. The van der Waals surface area contributed by atoms with Crippen molar-refractivity contribution in [3.63, 3.8) is 0 Å². The molecular weight excluding hydrogens is 386 g/mol. The number of methoxy groups -OCH3 is 2. The van der Waals surface area contributed by atoms with Crippen LogP contribution in [-0.4, -0.2) is 29.3 Å². The highest BCUT2D eigenvalue weighted by Crippen LogP contribution is 2.29. The van der Waals surface area contributed by atoms with E-state index in [1.165, 1.54) is 0 Å². The second kappa shape index (κ2) is 8.45. The number of benzene rings is 2. The first kappa shape index (κ1) is 19.1. The Kier molecular flexibility index (Phi) is 5.57. The SMILES string of the molecule is CCc1nc(-c2ccc(-c3noc(Cc4ccc(OC)c(OC)c4)n3)cc2)cs1. The normalized spacial score (nSPS) is 10.9. The molecule has 6 nitrogen and oxygen atoms in total. The topological polar surface area (TPSA) is 70.3 Å². The Morgan fingerprint density at radius 3 is 2.38 bits per heavy atom. The largest absolute Gasteiger partial charge is 0.493 e. The minimum Gasteiger partial charge on any atom is -0.493 e. The molecule has 0 radical (unpaired) electrons. The van der Waals surface area contributed by atoms with Crippen LogP contribution in [0.15, 0.2) is 52.4 Å². The van der Waals surface area contributed by atoms with Crippen molar-refractivity contribution in [2.45, 2.75) is 19.8 Å². The van der Waals surface area contributed by atoms with E-state index in [1.54, 1.807) is 25.6 Å². The molecule has 0 saturated heterocycles. The lowest BCUT2D eigenvalue weighted by Gasteiger charge is -2.08. The fourth-order valence-electron chi connectivity index (χ4n) is 3.01. The molecule has 2 heterocycles. The van der Waals surface area contributed by atoms with E-state index in [4.69, 9.17) is 14.0 Å². The molecule has 0 aliphatic carbocycles. The zero-order valence-corrected chi connectivity index (χ0v) is 17.3. The molecule has 148 valence electrons. The number of ether oxygens (including phenoxy) is 2. The van der Waals surface area contributed by atoms with Crippen LogP contribution in [0.1, 0.15) is 23.4 Å². The van der Waals surface area contributed by atoms with Gasteiger partial charge in [0.25, 0.3) is 0 Å². The van der Waals surface area contributed by atoms with Crippen LogP contribution >= 0.6 is 11.3 Å². The molecule has 2 aromatic carbocycles. The maximum Gasteiger partial charge on any atom is 0.231 e. The van der Waals surface area contributed by atoms with Crippen molar-refractivity contribution in [1.82, 2.24) is 15.1 Å². The maximum atomic E-state index is 5.44. The third kappa shape index (κ3) is 4.14. The Hall–Kier alpha value is -3.19. The first-order valence-corrected chi connectivity index (χ1v) is 10.2. The van der Waals surface area contributed by atoms with E-state index in [1.807, 2.05) is 42.5 Å². The van der Waals surface area contributed by atoms with Gasteiger partial charge in [0.05, 0.1) is 31.3 Å². The van der Waals surface area contributed by atoms with E-state index in [0.717, 1.165) is 33.8 Å². The average molecular weight is 407 g/mol. The molecule has 0 aliphatic rings. The van der Waals surface area contributed by atoms with E-state index >= 15 is 0 Å². The van der Waals surface area contributed by atoms with Gasteiger partial charge in [0.2, 0.25) is 11.7 Å². The molecule has 4 rings (SSSR count). The van der Waals surface area contributed by atoms with Crippen molar-refractivity contribution in [2.24, 2.45) is 0 Å². The van der Waals surface area contributed by atoms with Crippen LogP contribution in [-0.2, 0) is 12.8 Å². The van der Waals surface area contributed by atoms with E-state index in [9.17, 15) is 0 Å². The predicted molar refractivity (Wildman–Crippen MR) is 113 cm³/mol. The van der Waals surface area contributed by atoms with Crippen LogP contribution in [0.2, 0.25) is 0 Å². The fraction of sp³-hybridized carbons (Fsp3) is 0.227. The van der Waals surface area contributed by atoms with Gasteiger partial charge in [-0.05, 0) is 24.1 Å². The summed E-state index contributed by atoms with van der Waals surface area (Å²) in [5, 5.41) is 7.35. The van der Waals surface area contributed by atoms with Crippen LogP contribution in [0.5, 0.6) is 11.5 Å². The van der Waals surface area contributed by atoms with Gasteiger partial charge in [-0.15, -0.1) is 11.3 Å². The van der Waals surface area contributed by atoms with E-state index in [2.05, 4.69) is 27.4 Å². The standard InChI is InChI=1S/C22H21N3O3S/c1-4-21-23-17(13-29-21)15-6-8-16(9-7-15)22-24-20(28-25-22)12-14-5-10-18(26-2)19(11-14)27-3/h5-11,13H,4,12H2,1-3H3. The van der Waals surface area contributed by atoms with Crippen LogP contribution < -0.4 is 9.47 Å². The molecule has 0 unspecified atom stereocenters. The van der Waals surface area contributed by atoms with Crippen LogP contribution in [0.3, 0.4) is 0 Å². The van der Waals surface area contributed by atoms with Crippen molar-refractivity contribution in [2.75, 3.05) is 14.2 Å². The molecule has 0 N–H and O–H groups in total. The Morgan fingerprint density at radius 2 is 1.69 bits per heavy atom. The summed E-state index contributed by atoms with van der Waals surface area (Å²) in [5.74, 6) is 2.48. The number of thiazole rings is 1. The van der Waals surface area contributed by atoms with Gasteiger partial charge in [0.15, 0.2) is 11.5 Å². The highest BCUT2D eigenvalue weighted by Gasteiger charge is 2.12. The minimum absolute atomic E-state index is 0.518. The lowest BCUT2D eigenvalue weighted by atomic mass is 10.1. The van der Waals surface area contributed by atoms with Gasteiger partial charge in [-0.25, -0.2) is 4.98 Å². The molecule has 0 saturated carbocycles. The highest BCUT2D eigenvalue weighted by atomic mass is 32.1. The third-order valence-electron chi connectivity index (χ3n) is 4.56. The second-order valence-electron chi connectivity index (χ2n) is 6.44. The summed E-state index contributed by atoms with van der Waals surface area (Å²) in [5.41, 5.74) is 3.99. The monoisotopic (exact) mass is 407 g/mol. The molecule has 7 heteroatoms. The summed E-state index contributed by atoms with van der Waals surface area (Å²) in [6, 6.07) is 13.8. The van der Waals surface area contributed by atoms with E-state index < -0.39 is 0 Å². The maximum absolute atomic E-state index is 5.44. The molecule has 0 spiro atoms. The van der Waals surface area contributed by atoms with Gasteiger partial charge >= 0.3 is 0 Å². The van der Waals surface area contributed by atoms with Gasteiger partial charge in [-0.2, -0.15) is 4.98 Å². The molecule has 0 atom stereocenters. The summed E-state index contributed by atoms with van der Waals surface area (Å²) in [7, 11) is 3.23. The zero-order chi connectivity index (χ0) is 20.2. The number of aromatic nitrogens is 3. The smallest absolute Gasteiger partial charge is 0.231 e. The lowest BCUT2D eigenvalue weighted by molar-refractivity contribution is 0.354. The van der Waals surface area contributed by atoms with Gasteiger partial charge < -0.3 is 14.0 Å². The Bertz CT molecular complexity index is 1100. The molecule has 4 aromatic rings. The second-order valence-corrected chi connectivity index (χ2v) is 7.38. The molecule has 0 amide bonds. The molecular formula is C22H21N3O3S. The lowest BCUT2D eigenvalue weighted by Crippen LogP contribution is -1.94. The van der Waals surface area contributed by atoms with Gasteiger partial charge in [-0.1, -0.05) is 42.4 Å². The highest BCUT2D eigenvalue weighted by molar-refractivity contribution is 7.09. The molecule has 0 bridgehead atoms. The summed E-state index contributed by atoms with van der Waals surface area (Å²) >= 11 is 1.69. The molecule has 29 heavy (non-hydrogen) atoms. The van der Waals surface area contributed by atoms with Crippen molar-refractivity contribution < 1.29 is 14.0 Å². The van der Waals surface area contributed by atoms with Gasteiger partial charge in [0.1, 0.15) is 0 Å². The van der Waals surface area contributed by atoms with Crippen LogP contribution in [0.25, 0.3) is 22.6 Å². The van der Waals surface area contributed by atoms with Crippen molar-refractivity contribution in [3.8, 4) is 34.1 Å². The number of hydrogen-bond donors (Lipinski definition) is 0.